The van der Waals surface area contributed by atoms with E-state index in [1.54, 1.807) is 0 Å². The van der Waals surface area contributed by atoms with Crippen LogP contribution in [0.1, 0.15) is 12.8 Å². The van der Waals surface area contributed by atoms with Crippen molar-refractivity contribution >= 4 is 15.5 Å². The molecule has 1 aliphatic heterocycles. The van der Waals surface area contributed by atoms with E-state index in [9.17, 15) is 21.6 Å². The highest BCUT2D eigenvalue weighted by molar-refractivity contribution is 7.92. The van der Waals surface area contributed by atoms with Crippen molar-refractivity contribution in [3.05, 3.63) is 24.3 Å². The number of benzene rings is 1. The van der Waals surface area contributed by atoms with Gasteiger partial charge in [0.25, 0.3) is 9.84 Å². The number of hydrogen-bond acceptors (Lipinski definition) is 4. The van der Waals surface area contributed by atoms with E-state index in [-0.39, 0.29) is 12.5 Å². The Balaban J connectivity index is 2.14. The third-order valence-electron chi connectivity index (χ3n) is 3.69. The number of aliphatic hydroxyl groups excluding tert-OH is 1. The molecule has 0 radical (unpaired) electrons. The number of halogens is 3. The largest absolute Gasteiger partial charge is 0.501 e. The summed E-state index contributed by atoms with van der Waals surface area (Å²) >= 11 is 0. The molecular formula is C13H16F3NO3S. The van der Waals surface area contributed by atoms with Gasteiger partial charge in [-0.15, -0.1) is 0 Å². The standard InChI is InChI=1S/C13H16F3NO3S/c14-13(15,16)21(19,20)12-3-1-11(2-4-12)17-7-5-10(9-18)6-8-17/h1-4,10,18H,5-9H2. The summed E-state index contributed by atoms with van der Waals surface area (Å²) in [6, 6.07) is 4.74. The second-order valence-electron chi connectivity index (χ2n) is 5.06. The molecule has 1 saturated heterocycles. The number of rotatable bonds is 3. The molecular weight excluding hydrogens is 307 g/mol. The van der Waals surface area contributed by atoms with Crippen LogP contribution in [0.4, 0.5) is 18.9 Å². The molecule has 0 aromatic heterocycles. The summed E-state index contributed by atoms with van der Waals surface area (Å²) in [6.07, 6.45) is 1.61. The maximum atomic E-state index is 12.4. The van der Waals surface area contributed by atoms with Crippen LogP contribution in [0.5, 0.6) is 0 Å². The van der Waals surface area contributed by atoms with Gasteiger partial charge in [-0.1, -0.05) is 0 Å². The van der Waals surface area contributed by atoms with E-state index in [0.717, 1.165) is 25.0 Å². The maximum absolute atomic E-state index is 12.4. The smallest absolute Gasteiger partial charge is 0.396 e. The van der Waals surface area contributed by atoms with Gasteiger partial charge in [-0.05, 0) is 43.0 Å². The zero-order chi connectivity index (χ0) is 15.7. The number of nitrogens with zero attached hydrogens (tertiary/aromatic N) is 1. The van der Waals surface area contributed by atoms with Crippen molar-refractivity contribution in [1.82, 2.24) is 0 Å². The minimum absolute atomic E-state index is 0.136. The van der Waals surface area contributed by atoms with Crippen LogP contribution in [0, 0.1) is 5.92 Å². The van der Waals surface area contributed by atoms with E-state index in [2.05, 4.69) is 0 Å². The molecule has 1 heterocycles. The highest BCUT2D eigenvalue weighted by Crippen LogP contribution is 2.31. The van der Waals surface area contributed by atoms with E-state index < -0.39 is 20.2 Å². The van der Waals surface area contributed by atoms with Gasteiger partial charge >= 0.3 is 5.51 Å². The zero-order valence-corrected chi connectivity index (χ0v) is 12.0. The minimum Gasteiger partial charge on any atom is -0.396 e. The Morgan fingerprint density at radius 1 is 1.14 bits per heavy atom. The van der Waals surface area contributed by atoms with Crippen LogP contribution in [0.15, 0.2) is 29.2 Å². The van der Waals surface area contributed by atoms with Gasteiger partial charge < -0.3 is 10.0 Å². The Morgan fingerprint density at radius 3 is 2.10 bits per heavy atom. The molecule has 0 spiro atoms. The molecule has 118 valence electrons. The Kier molecular flexibility index (Phi) is 4.48. The van der Waals surface area contributed by atoms with Crippen LogP contribution in [-0.4, -0.2) is 38.7 Å². The summed E-state index contributed by atoms with van der Waals surface area (Å²) in [5.74, 6) is 0.256. The molecule has 8 heteroatoms. The molecule has 0 bridgehead atoms. The van der Waals surface area contributed by atoms with Crippen LogP contribution in [0.3, 0.4) is 0 Å². The van der Waals surface area contributed by atoms with Crippen LogP contribution < -0.4 is 4.90 Å². The first-order valence-corrected chi connectivity index (χ1v) is 8.01. The summed E-state index contributed by atoms with van der Waals surface area (Å²) in [7, 11) is -5.29. The minimum atomic E-state index is -5.29. The lowest BCUT2D eigenvalue weighted by atomic mass is 9.97. The first kappa shape index (κ1) is 16.1. The number of anilines is 1. The van der Waals surface area contributed by atoms with Crippen molar-refractivity contribution in [2.24, 2.45) is 5.92 Å². The molecule has 0 saturated carbocycles. The highest BCUT2D eigenvalue weighted by atomic mass is 32.2. The molecule has 2 rings (SSSR count). The number of sulfone groups is 1. The van der Waals surface area contributed by atoms with E-state index in [1.807, 2.05) is 4.90 Å². The molecule has 21 heavy (non-hydrogen) atoms. The molecule has 4 nitrogen and oxygen atoms in total. The fraction of sp³-hybridized carbons (Fsp3) is 0.538. The lowest BCUT2D eigenvalue weighted by Gasteiger charge is -2.32. The topological polar surface area (TPSA) is 57.6 Å². The highest BCUT2D eigenvalue weighted by Gasteiger charge is 2.46. The van der Waals surface area contributed by atoms with Crippen molar-refractivity contribution in [1.29, 1.82) is 0 Å². The quantitative estimate of drug-likeness (QED) is 0.926. The second kappa shape index (κ2) is 5.84. The molecule has 0 unspecified atom stereocenters. The fourth-order valence-corrected chi connectivity index (χ4v) is 3.11. The van der Waals surface area contributed by atoms with Crippen molar-refractivity contribution < 1.29 is 26.7 Å². The Morgan fingerprint density at radius 2 is 1.67 bits per heavy atom. The predicted molar refractivity (Wildman–Crippen MR) is 71.7 cm³/mol. The summed E-state index contributed by atoms with van der Waals surface area (Å²) < 4.78 is 59.8. The summed E-state index contributed by atoms with van der Waals surface area (Å²) in [5.41, 5.74) is -4.60. The molecule has 1 aromatic carbocycles. The third kappa shape index (κ3) is 3.32. The zero-order valence-electron chi connectivity index (χ0n) is 11.2. The molecule has 0 amide bonds. The molecule has 1 N–H and O–H groups in total. The van der Waals surface area contributed by atoms with Gasteiger partial charge in [0, 0.05) is 25.4 Å². The molecule has 1 aliphatic rings. The van der Waals surface area contributed by atoms with Crippen molar-refractivity contribution in [3.8, 4) is 0 Å². The van der Waals surface area contributed by atoms with Gasteiger partial charge in [0.05, 0.1) is 4.90 Å². The van der Waals surface area contributed by atoms with Crippen molar-refractivity contribution in [2.75, 3.05) is 24.6 Å². The number of alkyl halides is 3. The van der Waals surface area contributed by atoms with Crippen LogP contribution in [0.25, 0.3) is 0 Å². The Hall–Kier alpha value is -1.28. The van der Waals surface area contributed by atoms with Crippen molar-refractivity contribution in [2.45, 2.75) is 23.2 Å². The van der Waals surface area contributed by atoms with Gasteiger partial charge in [-0.25, -0.2) is 8.42 Å². The molecule has 0 atom stereocenters. The SMILES string of the molecule is O=S(=O)(c1ccc(N2CCC(CO)CC2)cc1)C(F)(F)F. The van der Waals surface area contributed by atoms with Crippen LogP contribution in [-0.2, 0) is 9.84 Å². The normalized spacial score (nSPS) is 18.0. The van der Waals surface area contributed by atoms with Gasteiger partial charge in [0.15, 0.2) is 0 Å². The monoisotopic (exact) mass is 323 g/mol. The van der Waals surface area contributed by atoms with Gasteiger partial charge in [-0.2, -0.15) is 13.2 Å². The summed E-state index contributed by atoms with van der Waals surface area (Å²) in [5, 5.41) is 9.06. The third-order valence-corrected chi connectivity index (χ3v) is 5.19. The molecule has 1 aromatic rings. The number of aliphatic hydroxyl groups is 1. The fourth-order valence-electron chi connectivity index (χ4n) is 2.34. The Labute approximate surface area is 121 Å². The van der Waals surface area contributed by atoms with E-state index in [0.29, 0.717) is 18.8 Å². The molecule has 0 aliphatic carbocycles. The number of piperidine rings is 1. The maximum Gasteiger partial charge on any atom is 0.501 e. The summed E-state index contributed by atoms with van der Waals surface area (Å²) in [4.78, 5) is 1.22. The van der Waals surface area contributed by atoms with Crippen molar-refractivity contribution in [3.63, 3.8) is 0 Å². The summed E-state index contributed by atoms with van der Waals surface area (Å²) in [6.45, 7) is 1.52. The van der Waals surface area contributed by atoms with E-state index in [1.165, 1.54) is 12.1 Å². The van der Waals surface area contributed by atoms with Crippen LogP contribution >= 0.6 is 0 Å². The average Bonchev–Trinajstić information content (AvgIpc) is 2.46. The predicted octanol–water partition coefficient (Wildman–Crippen LogP) is 2.19. The van der Waals surface area contributed by atoms with Gasteiger partial charge in [-0.3, -0.25) is 0 Å². The lowest BCUT2D eigenvalue weighted by Crippen LogP contribution is -2.34. The first-order chi connectivity index (χ1) is 9.75. The average molecular weight is 323 g/mol. The van der Waals surface area contributed by atoms with E-state index >= 15 is 0 Å². The lowest BCUT2D eigenvalue weighted by molar-refractivity contribution is -0.0436. The molecule has 1 fully saturated rings. The van der Waals surface area contributed by atoms with Crippen LogP contribution in [0.2, 0.25) is 0 Å². The van der Waals surface area contributed by atoms with Gasteiger partial charge in [0.2, 0.25) is 0 Å². The Bertz CT molecular complexity index is 576. The first-order valence-electron chi connectivity index (χ1n) is 6.53. The second-order valence-corrected chi connectivity index (χ2v) is 7.00. The van der Waals surface area contributed by atoms with E-state index in [4.69, 9.17) is 5.11 Å². The number of hydrogen-bond donors (Lipinski definition) is 1. The van der Waals surface area contributed by atoms with Gasteiger partial charge in [0.1, 0.15) is 0 Å².